The number of nitrogens with zero attached hydrogens (tertiary/aromatic N) is 2. The summed E-state index contributed by atoms with van der Waals surface area (Å²) < 4.78 is 14.8. The molecule has 24 heavy (non-hydrogen) atoms. The molecular formula is C19H27N3OS. The summed E-state index contributed by atoms with van der Waals surface area (Å²) in [5, 5.41) is 3.45. The Morgan fingerprint density at radius 3 is 2.29 bits per heavy atom. The third-order valence-electron chi connectivity index (χ3n) is 3.60. The molecule has 0 saturated carbocycles. The van der Waals surface area contributed by atoms with Gasteiger partial charge in [0.05, 0.1) is 23.6 Å². The third-order valence-corrected chi connectivity index (χ3v) is 5.23. The summed E-state index contributed by atoms with van der Waals surface area (Å²) in [6, 6.07) is 18.1. The van der Waals surface area contributed by atoms with E-state index in [1.807, 2.05) is 73.0 Å². The predicted octanol–water partition coefficient (Wildman–Crippen LogP) is 3.87. The maximum Gasteiger partial charge on any atom is 0.131 e. The molecule has 0 fully saturated rings. The summed E-state index contributed by atoms with van der Waals surface area (Å²) in [4.78, 5) is 2.11. The number of benzene rings is 2. The molecule has 1 unspecified atom stereocenters. The molecule has 130 valence electrons. The molecule has 4 nitrogen and oxygen atoms in total. The summed E-state index contributed by atoms with van der Waals surface area (Å²) in [6.45, 7) is 3.65. The SMILES string of the molecule is CCC[S+]([O-])N(CCN(C)C)c1ccccc1Nc1ccccc1. The van der Waals surface area contributed by atoms with Crippen LogP contribution in [-0.4, -0.2) is 42.4 Å². The van der Waals surface area contributed by atoms with Crippen molar-refractivity contribution in [3.05, 3.63) is 54.6 Å². The largest absolute Gasteiger partial charge is 0.593 e. The van der Waals surface area contributed by atoms with Crippen molar-refractivity contribution in [2.45, 2.75) is 13.3 Å². The Bertz CT molecular complexity index is 607. The minimum absolute atomic E-state index is 0.674. The molecule has 0 aliphatic carbocycles. The first-order valence-electron chi connectivity index (χ1n) is 8.33. The van der Waals surface area contributed by atoms with Gasteiger partial charge in [-0.1, -0.05) is 37.3 Å². The van der Waals surface area contributed by atoms with Gasteiger partial charge < -0.3 is 14.8 Å². The van der Waals surface area contributed by atoms with Gasteiger partial charge in [-0.2, -0.15) is 4.31 Å². The van der Waals surface area contributed by atoms with E-state index in [1.165, 1.54) is 0 Å². The van der Waals surface area contributed by atoms with E-state index in [9.17, 15) is 4.55 Å². The van der Waals surface area contributed by atoms with Crippen molar-refractivity contribution in [3.8, 4) is 0 Å². The molecule has 1 atom stereocenters. The van der Waals surface area contributed by atoms with Gasteiger partial charge in [-0.15, -0.1) is 0 Å². The van der Waals surface area contributed by atoms with E-state index in [-0.39, 0.29) is 0 Å². The summed E-state index contributed by atoms with van der Waals surface area (Å²) in [5.74, 6) is 0.674. The predicted molar refractivity (Wildman–Crippen MR) is 105 cm³/mol. The van der Waals surface area contributed by atoms with Crippen molar-refractivity contribution in [2.75, 3.05) is 42.6 Å². The number of para-hydroxylation sites is 3. The van der Waals surface area contributed by atoms with Crippen LogP contribution in [0.1, 0.15) is 13.3 Å². The molecule has 5 heteroatoms. The van der Waals surface area contributed by atoms with Crippen LogP contribution in [0.5, 0.6) is 0 Å². The highest BCUT2D eigenvalue weighted by Gasteiger charge is 2.22. The lowest BCUT2D eigenvalue weighted by Crippen LogP contribution is -2.38. The van der Waals surface area contributed by atoms with Crippen LogP contribution in [0.15, 0.2) is 54.6 Å². The molecule has 0 radical (unpaired) electrons. The van der Waals surface area contributed by atoms with Gasteiger partial charge in [0, 0.05) is 12.2 Å². The first-order chi connectivity index (χ1) is 11.6. The van der Waals surface area contributed by atoms with Crippen molar-refractivity contribution in [1.82, 2.24) is 4.90 Å². The van der Waals surface area contributed by atoms with Crippen molar-refractivity contribution in [2.24, 2.45) is 0 Å². The first-order valence-corrected chi connectivity index (χ1v) is 9.61. The molecule has 1 N–H and O–H groups in total. The maximum absolute atomic E-state index is 12.8. The van der Waals surface area contributed by atoms with Crippen molar-refractivity contribution < 1.29 is 4.55 Å². The average molecular weight is 346 g/mol. The molecule has 2 aromatic carbocycles. The van der Waals surface area contributed by atoms with E-state index in [0.717, 1.165) is 36.6 Å². The lowest BCUT2D eigenvalue weighted by Gasteiger charge is -2.29. The fourth-order valence-electron chi connectivity index (χ4n) is 2.38. The van der Waals surface area contributed by atoms with E-state index >= 15 is 0 Å². The second-order valence-corrected chi connectivity index (χ2v) is 7.43. The van der Waals surface area contributed by atoms with Gasteiger partial charge in [-0.05, 0) is 44.8 Å². The van der Waals surface area contributed by atoms with Crippen LogP contribution in [-0.2, 0) is 11.4 Å². The quantitative estimate of drug-likeness (QED) is 0.701. The number of hydrogen-bond donors (Lipinski definition) is 1. The van der Waals surface area contributed by atoms with E-state index in [0.29, 0.717) is 5.75 Å². The maximum atomic E-state index is 12.8. The van der Waals surface area contributed by atoms with E-state index in [4.69, 9.17) is 0 Å². The average Bonchev–Trinajstić information content (AvgIpc) is 2.57. The molecule has 2 aromatic rings. The minimum Gasteiger partial charge on any atom is -0.593 e. The van der Waals surface area contributed by atoms with Gasteiger partial charge >= 0.3 is 0 Å². The smallest absolute Gasteiger partial charge is 0.131 e. The van der Waals surface area contributed by atoms with Crippen molar-refractivity contribution >= 4 is 28.4 Å². The molecule has 0 saturated heterocycles. The zero-order valence-corrected chi connectivity index (χ0v) is 15.6. The van der Waals surface area contributed by atoms with Crippen LogP contribution in [0.3, 0.4) is 0 Å². The van der Waals surface area contributed by atoms with Gasteiger partial charge in [-0.25, -0.2) is 0 Å². The number of rotatable bonds is 9. The topological polar surface area (TPSA) is 41.6 Å². The lowest BCUT2D eigenvalue weighted by molar-refractivity contribution is 0.419. The zero-order valence-electron chi connectivity index (χ0n) is 14.7. The Morgan fingerprint density at radius 2 is 1.62 bits per heavy atom. The number of anilines is 3. The number of likely N-dealkylation sites (N-methyl/N-ethyl adjacent to an activating group) is 1. The van der Waals surface area contributed by atoms with Crippen LogP contribution < -0.4 is 9.62 Å². The van der Waals surface area contributed by atoms with E-state index in [2.05, 4.69) is 17.1 Å². The summed E-state index contributed by atoms with van der Waals surface area (Å²) >= 11 is -1.03. The highest BCUT2D eigenvalue weighted by Crippen LogP contribution is 2.30. The normalized spacial score (nSPS) is 12.2. The standard InChI is InChI=1S/C19H27N3OS/c1-4-16-24(23)22(15-14-21(2)3)19-13-9-8-12-18(19)20-17-10-6-5-7-11-17/h5-13,20H,4,14-16H2,1-3H3. The molecule has 2 rings (SSSR count). The lowest BCUT2D eigenvalue weighted by atomic mass is 10.2. The number of nitrogens with one attached hydrogen (secondary N) is 1. The Labute approximate surface area is 148 Å². The second kappa shape index (κ2) is 9.57. The minimum atomic E-state index is -1.03. The van der Waals surface area contributed by atoms with Gasteiger partial charge in [0.25, 0.3) is 0 Å². The number of hydrogen-bond acceptors (Lipinski definition) is 4. The summed E-state index contributed by atoms with van der Waals surface area (Å²) in [5.41, 5.74) is 2.99. The van der Waals surface area contributed by atoms with Crippen LogP contribution in [0.2, 0.25) is 0 Å². The van der Waals surface area contributed by atoms with Crippen LogP contribution in [0, 0.1) is 0 Å². The van der Waals surface area contributed by atoms with Crippen LogP contribution >= 0.6 is 0 Å². The highest BCUT2D eigenvalue weighted by molar-refractivity contribution is 7.92. The van der Waals surface area contributed by atoms with Crippen LogP contribution in [0.4, 0.5) is 17.1 Å². The third kappa shape index (κ3) is 5.44. The molecule has 0 spiro atoms. The second-order valence-electron chi connectivity index (χ2n) is 5.94. The zero-order chi connectivity index (χ0) is 17.4. The fourth-order valence-corrected chi connectivity index (χ4v) is 3.61. The molecule has 0 aliphatic rings. The van der Waals surface area contributed by atoms with E-state index in [1.54, 1.807) is 0 Å². The van der Waals surface area contributed by atoms with Gasteiger partial charge in [0.2, 0.25) is 0 Å². The summed E-state index contributed by atoms with van der Waals surface area (Å²) in [7, 11) is 4.07. The Hall–Kier alpha value is -1.69. The molecule has 0 bridgehead atoms. The highest BCUT2D eigenvalue weighted by atomic mass is 32.2. The molecule has 0 amide bonds. The van der Waals surface area contributed by atoms with Crippen molar-refractivity contribution in [3.63, 3.8) is 0 Å². The Morgan fingerprint density at radius 1 is 0.958 bits per heavy atom. The van der Waals surface area contributed by atoms with Crippen LogP contribution in [0.25, 0.3) is 0 Å². The summed E-state index contributed by atoms with van der Waals surface area (Å²) in [6.07, 6.45) is 0.902. The van der Waals surface area contributed by atoms with E-state index < -0.39 is 11.4 Å². The fraction of sp³-hybridized carbons (Fsp3) is 0.368. The molecule has 0 aliphatic heterocycles. The van der Waals surface area contributed by atoms with Gasteiger partial charge in [-0.3, -0.25) is 0 Å². The monoisotopic (exact) mass is 345 g/mol. The van der Waals surface area contributed by atoms with Crippen molar-refractivity contribution in [1.29, 1.82) is 0 Å². The first kappa shape index (κ1) is 18.6. The Kier molecular flexibility index (Phi) is 7.43. The molecule has 0 aromatic heterocycles. The van der Waals surface area contributed by atoms with Gasteiger partial charge in [0.15, 0.2) is 0 Å². The van der Waals surface area contributed by atoms with Gasteiger partial charge in [0.1, 0.15) is 11.4 Å². The molecule has 0 heterocycles. The Balaban J connectivity index is 2.27. The molecular weight excluding hydrogens is 318 g/mol.